The fourth-order valence-corrected chi connectivity index (χ4v) is 2.89. The molecule has 1 aromatic carbocycles. The highest BCUT2D eigenvalue weighted by molar-refractivity contribution is 7.89. The van der Waals surface area contributed by atoms with E-state index in [0.717, 1.165) is 6.07 Å². The minimum absolute atomic E-state index is 0.128. The van der Waals surface area contributed by atoms with Gasteiger partial charge in [-0.15, -0.1) is 0 Å². The summed E-state index contributed by atoms with van der Waals surface area (Å²) in [4.78, 5) is 10.1. The summed E-state index contributed by atoms with van der Waals surface area (Å²) in [6.07, 6.45) is 0.545. The third kappa shape index (κ3) is 3.72. The maximum Gasteiger partial charge on any atom is 0.273 e. The molecule has 1 atom stereocenters. The van der Waals surface area contributed by atoms with Gasteiger partial charge in [-0.1, -0.05) is 13.0 Å². The van der Waals surface area contributed by atoms with Gasteiger partial charge >= 0.3 is 0 Å². The second kappa shape index (κ2) is 6.09. The van der Waals surface area contributed by atoms with Crippen molar-refractivity contribution >= 4 is 15.7 Å². The lowest BCUT2D eigenvalue weighted by Gasteiger charge is -2.14. The summed E-state index contributed by atoms with van der Waals surface area (Å²) in [5.41, 5.74) is 5.63. The number of sulfonamides is 1. The lowest BCUT2D eigenvalue weighted by Crippen LogP contribution is -2.39. The Morgan fingerprint density at radius 3 is 2.58 bits per heavy atom. The molecule has 8 heteroatoms. The lowest BCUT2D eigenvalue weighted by molar-refractivity contribution is -0.385. The van der Waals surface area contributed by atoms with Crippen molar-refractivity contribution in [2.24, 2.45) is 5.73 Å². The number of nitrogens with two attached hydrogens (primary N) is 1. The smallest absolute Gasteiger partial charge is 0.273 e. The summed E-state index contributed by atoms with van der Waals surface area (Å²) in [5.74, 6) is 0. The van der Waals surface area contributed by atoms with E-state index < -0.39 is 14.9 Å². The fourth-order valence-electron chi connectivity index (χ4n) is 1.54. The van der Waals surface area contributed by atoms with Crippen molar-refractivity contribution in [3.8, 4) is 0 Å². The quantitative estimate of drug-likeness (QED) is 0.596. The minimum Gasteiger partial charge on any atom is -0.329 e. The summed E-state index contributed by atoms with van der Waals surface area (Å²) in [6, 6.07) is 3.43. The Hall–Kier alpha value is -1.51. The van der Waals surface area contributed by atoms with E-state index in [4.69, 9.17) is 5.73 Å². The molecule has 3 N–H and O–H groups in total. The molecule has 7 nitrogen and oxygen atoms in total. The predicted molar refractivity (Wildman–Crippen MR) is 71.3 cm³/mol. The molecular formula is C11H17N3O4S. The Morgan fingerprint density at radius 2 is 2.11 bits per heavy atom. The first-order chi connectivity index (χ1) is 8.81. The Balaban J connectivity index is 3.15. The molecule has 0 saturated heterocycles. The zero-order valence-electron chi connectivity index (χ0n) is 10.8. The average molecular weight is 287 g/mol. The maximum atomic E-state index is 12.1. The summed E-state index contributed by atoms with van der Waals surface area (Å²) >= 11 is 0. The zero-order valence-corrected chi connectivity index (χ0v) is 11.6. The molecule has 0 radical (unpaired) electrons. The van der Waals surface area contributed by atoms with Crippen molar-refractivity contribution in [3.63, 3.8) is 0 Å². The van der Waals surface area contributed by atoms with Crippen LogP contribution in [0.1, 0.15) is 18.9 Å². The number of nitrogens with one attached hydrogen (secondary N) is 1. The second-order valence-electron chi connectivity index (χ2n) is 4.17. The van der Waals surface area contributed by atoms with Crippen LogP contribution in [-0.4, -0.2) is 25.9 Å². The highest BCUT2D eigenvalue weighted by Crippen LogP contribution is 2.22. The highest BCUT2D eigenvalue weighted by Gasteiger charge is 2.21. The number of benzene rings is 1. The van der Waals surface area contributed by atoms with Crippen LogP contribution in [-0.2, 0) is 10.0 Å². The summed E-state index contributed by atoms with van der Waals surface area (Å²) in [7, 11) is -3.79. The third-order valence-electron chi connectivity index (χ3n) is 2.79. The van der Waals surface area contributed by atoms with Crippen LogP contribution >= 0.6 is 0 Å². The summed E-state index contributed by atoms with van der Waals surface area (Å²) in [5, 5.41) is 10.8. The van der Waals surface area contributed by atoms with E-state index in [1.807, 2.05) is 0 Å². The van der Waals surface area contributed by atoms with Crippen molar-refractivity contribution in [1.29, 1.82) is 0 Å². The van der Waals surface area contributed by atoms with Crippen LogP contribution in [0.5, 0.6) is 0 Å². The fraction of sp³-hybridized carbons (Fsp3) is 0.455. The molecule has 0 aliphatic heterocycles. The van der Waals surface area contributed by atoms with Gasteiger partial charge in [0.2, 0.25) is 10.0 Å². The number of nitrogens with zero attached hydrogens (tertiary/aromatic N) is 1. The van der Waals surface area contributed by atoms with Gasteiger partial charge in [0.25, 0.3) is 5.69 Å². The Bertz CT molecular complexity index is 567. The summed E-state index contributed by atoms with van der Waals surface area (Å²) < 4.78 is 26.5. The van der Waals surface area contributed by atoms with Crippen molar-refractivity contribution < 1.29 is 13.3 Å². The highest BCUT2D eigenvalue weighted by atomic mass is 32.2. The predicted octanol–water partition coefficient (Wildman–Crippen LogP) is 0.919. The summed E-state index contributed by atoms with van der Waals surface area (Å²) in [6.45, 7) is 3.53. The lowest BCUT2D eigenvalue weighted by atomic mass is 10.2. The molecule has 1 rings (SSSR count). The van der Waals surface area contributed by atoms with Gasteiger partial charge < -0.3 is 5.73 Å². The first-order valence-electron chi connectivity index (χ1n) is 5.79. The van der Waals surface area contributed by atoms with Gasteiger partial charge in [-0.3, -0.25) is 10.1 Å². The molecule has 1 aromatic rings. The number of nitro groups is 1. The third-order valence-corrected chi connectivity index (χ3v) is 4.30. The van der Waals surface area contributed by atoms with E-state index in [1.165, 1.54) is 12.1 Å². The first kappa shape index (κ1) is 15.5. The van der Waals surface area contributed by atoms with Gasteiger partial charge in [0.1, 0.15) is 0 Å². The molecule has 0 aliphatic rings. The number of rotatable bonds is 6. The van der Waals surface area contributed by atoms with E-state index in [9.17, 15) is 18.5 Å². The normalized spacial score (nSPS) is 13.2. The number of aryl methyl sites for hydroxylation is 1. The topological polar surface area (TPSA) is 115 Å². The van der Waals surface area contributed by atoms with Gasteiger partial charge in [-0.25, -0.2) is 13.1 Å². The van der Waals surface area contributed by atoms with E-state index in [0.29, 0.717) is 12.0 Å². The molecule has 0 bridgehead atoms. The van der Waals surface area contributed by atoms with Crippen LogP contribution in [0.25, 0.3) is 0 Å². The van der Waals surface area contributed by atoms with Gasteiger partial charge in [0.05, 0.1) is 9.82 Å². The standard InChI is InChI=1S/C11H17N3O4S/c1-3-9(7-12)13-19(17,18)10-5-4-8(2)11(6-10)14(15)16/h4-6,9,13H,3,7,12H2,1-2H3. The Kier molecular flexibility index (Phi) is 4.98. The van der Waals surface area contributed by atoms with Crippen LogP contribution in [0, 0.1) is 17.0 Å². The largest absolute Gasteiger partial charge is 0.329 e. The number of hydrogen-bond donors (Lipinski definition) is 2. The number of hydrogen-bond acceptors (Lipinski definition) is 5. The monoisotopic (exact) mass is 287 g/mol. The van der Waals surface area contributed by atoms with Crippen LogP contribution in [0.4, 0.5) is 5.69 Å². The van der Waals surface area contributed by atoms with E-state index >= 15 is 0 Å². The van der Waals surface area contributed by atoms with E-state index in [2.05, 4.69) is 4.72 Å². The molecule has 106 valence electrons. The molecule has 0 saturated carbocycles. The maximum absolute atomic E-state index is 12.1. The van der Waals surface area contributed by atoms with E-state index in [-0.39, 0.29) is 23.2 Å². The van der Waals surface area contributed by atoms with Crippen molar-refractivity contribution in [1.82, 2.24) is 4.72 Å². The van der Waals surface area contributed by atoms with Crippen LogP contribution in [0.2, 0.25) is 0 Å². The molecule has 1 unspecified atom stereocenters. The molecule has 0 aromatic heterocycles. The molecular weight excluding hydrogens is 270 g/mol. The van der Waals surface area contributed by atoms with Gasteiger partial charge in [0.15, 0.2) is 0 Å². The molecule has 0 amide bonds. The Labute approximate surface area is 112 Å². The molecule has 0 heterocycles. The Morgan fingerprint density at radius 1 is 1.47 bits per heavy atom. The van der Waals surface area contributed by atoms with Gasteiger partial charge in [-0.2, -0.15) is 0 Å². The van der Waals surface area contributed by atoms with E-state index in [1.54, 1.807) is 13.8 Å². The first-order valence-corrected chi connectivity index (χ1v) is 7.27. The van der Waals surface area contributed by atoms with Crippen LogP contribution in [0.15, 0.2) is 23.1 Å². The zero-order chi connectivity index (χ0) is 14.6. The van der Waals surface area contributed by atoms with Gasteiger partial charge in [-0.05, 0) is 19.4 Å². The average Bonchev–Trinajstić information content (AvgIpc) is 2.35. The van der Waals surface area contributed by atoms with Gasteiger partial charge in [0, 0.05) is 24.2 Å². The van der Waals surface area contributed by atoms with Crippen LogP contribution in [0.3, 0.4) is 0 Å². The van der Waals surface area contributed by atoms with Crippen molar-refractivity contribution in [2.75, 3.05) is 6.54 Å². The van der Waals surface area contributed by atoms with Crippen molar-refractivity contribution in [3.05, 3.63) is 33.9 Å². The second-order valence-corrected chi connectivity index (χ2v) is 5.88. The molecule has 0 aliphatic carbocycles. The van der Waals surface area contributed by atoms with Crippen molar-refractivity contribution in [2.45, 2.75) is 31.2 Å². The SMILES string of the molecule is CCC(CN)NS(=O)(=O)c1ccc(C)c([N+](=O)[O-])c1. The number of nitro benzene ring substituents is 1. The molecule has 19 heavy (non-hydrogen) atoms. The molecule has 0 fully saturated rings. The minimum atomic E-state index is -3.79. The van der Waals surface area contributed by atoms with Crippen LogP contribution < -0.4 is 10.5 Å². The molecule has 0 spiro atoms.